The summed E-state index contributed by atoms with van der Waals surface area (Å²) in [6.07, 6.45) is 2.56. The van der Waals surface area contributed by atoms with E-state index in [4.69, 9.17) is 0 Å². The second-order valence-electron chi connectivity index (χ2n) is 4.38. The maximum absolute atomic E-state index is 12.1. The van der Waals surface area contributed by atoms with Gasteiger partial charge in [0.15, 0.2) is 0 Å². The smallest absolute Gasteiger partial charge is 0.283 e. The van der Waals surface area contributed by atoms with Crippen LogP contribution in [-0.4, -0.2) is 9.78 Å². The third-order valence-corrected chi connectivity index (χ3v) is 4.05. The molecule has 6 heteroatoms. The summed E-state index contributed by atoms with van der Waals surface area (Å²) in [6, 6.07) is 8.02. The molecule has 0 aliphatic carbocycles. The zero-order chi connectivity index (χ0) is 14.5. The Hall–Kier alpha value is -1.14. The van der Waals surface area contributed by atoms with Gasteiger partial charge in [-0.2, -0.15) is 5.10 Å². The van der Waals surface area contributed by atoms with Crippen molar-refractivity contribution in [3.05, 3.63) is 55.3 Å². The molecule has 0 saturated heterocycles. The van der Waals surface area contributed by atoms with E-state index in [0.29, 0.717) is 23.2 Å². The summed E-state index contributed by atoms with van der Waals surface area (Å²) in [5.41, 5.74) is 1.73. The van der Waals surface area contributed by atoms with Crippen molar-refractivity contribution in [1.82, 2.24) is 9.78 Å². The molecule has 4 nitrogen and oxygen atoms in total. The van der Waals surface area contributed by atoms with Gasteiger partial charge in [-0.3, -0.25) is 4.79 Å². The van der Waals surface area contributed by atoms with E-state index in [1.807, 2.05) is 31.2 Å². The van der Waals surface area contributed by atoms with Crippen molar-refractivity contribution < 1.29 is 0 Å². The number of anilines is 1. The Balaban J connectivity index is 2.14. The number of halogens is 2. The van der Waals surface area contributed by atoms with Crippen LogP contribution >= 0.6 is 31.9 Å². The minimum atomic E-state index is -0.105. The molecular formula is C14H15Br2N3O. The second kappa shape index (κ2) is 7.04. The molecule has 1 N–H and O–H groups in total. The number of aromatic nitrogens is 2. The zero-order valence-corrected chi connectivity index (χ0v) is 14.2. The van der Waals surface area contributed by atoms with Gasteiger partial charge in [0.25, 0.3) is 5.56 Å². The molecule has 0 radical (unpaired) electrons. The Kier molecular flexibility index (Phi) is 5.37. The lowest BCUT2D eigenvalue weighted by molar-refractivity contribution is 0.566. The zero-order valence-electron chi connectivity index (χ0n) is 11.1. The summed E-state index contributed by atoms with van der Waals surface area (Å²) < 4.78 is 3.03. The first-order valence-corrected chi connectivity index (χ1v) is 7.94. The van der Waals surface area contributed by atoms with Crippen LogP contribution in [0.4, 0.5) is 5.69 Å². The van der Waals surface area contributed by atoms with Gasteiger partial charge in [0.05, 0.1) is 11.9 Å². The molecule has 1 aromatic carbocycles. The van der Waals surface area contributed by atoms with Crippen LogP contribution < -0.4 is 10.9 Å². The van der Waals surface area contributed by atoms with Gasteiger partial charge in [0.2, 0.25) is 0 Å². The van der Waals surface area contributed by atoms with E-state index in [-0.39, 0.29) is 5.56 Å². The predicted octanol–water partition coefficient (Wildman–Crippen LogP) is 3.79. The van der Waals surface area contributed by atoms with E-state index >= 15 is 0 Å². The largest absolute Gasteiger partial charge is 0.379 e. The first-order valence-electron chi connectivity index (χ1n) is 6.35. The number of rotatable bonds is 5. The summed E-state index contributed by atoms with van der Waals surface area (Å²) in [5, 5.41) is 7.38. The van der Waals surface area contributed by atoms with E-state index in [2.05, 4.69) is 42.3 Å². The summed E-state index contributed by atoms with van der Waals surface area (Å²) in [4.78, 5) is 12.1. The van der Waals surface area contributed by atoms with Gasteiger partial charge in [-0.1, -0.05) is 35.0 Å². The van der Waals surface area contributed by atoms with Crippen molar-refractivity contribution in [3.8, 4) is 0 Å². The van der Waals surface area contributed by atoms with Crippen molar-refractivity contribution in [2.75, 3.05) is 5.32 Å². The van der Waals surface area contributed by atoms with Crippen LogP contribution in [0.1, 0.15) is 18.9 Å². The van der Waals surface area contributed by atoms with E-state index in [1.54, 1.807) is 6.20 Å². The molecule has 0 bridgehead atoms. The van der Waals surface area contributed by atoms with E-state index in [1.165, 1.54) is 4.68 Å². The molecule has 2 rings (SSSR count). The molecule has 0 saturated carbocycles. The lowest BCUT2D eigenvalue weighted by Gasteiger charge is -2.10. The Morgan fingerprint density at radius 2 is 2.15 bits per heavy atom. The SMILES string of the molecule is CCCn1ncc(NCc2cccc(Br)c2)c(Br)c1=O. The molecule has 106 valence electrons. The first kappa shape index (κ1) is 15.3. The maximum Gasteiger partial charge on any atom is 0.283 e. The molecule has 0 aliphatic rings. The van der Waals surface area contributed by atoms with Crippen LogP contribution in [0.3, 0.4) is 0 Å². The van der Waals surface area contributed by atoms with Gasteiger partial charge < -0.3 is 5.32 Å². The quantitative estimate of drug-likeness (QED) is 0.830. The molecule has 0 aliphatic heterocycles. The third-order valence-electron chi connectivity index (χ3n) is 2.79. The van der Waals surface area contributed by atoms with Crippen molar-refractivity contribution in [3.63, 3.8) is 0 Å². The molecule has 0 unspecified atom stereocenters. The van der Waals surface area contributed by atoms with Crippen LogP contribution in [-0.2, 0) is 13.1 Å². The molecule has 1 heterocycles. The minimum Gasteiger partial charge on any atom is -0.379 e. The highest BCUT2D eigenvalue weighted by atomic mass is 79.9. The van der Waals surface area contributed by atoms with Gasteiger partial charge in [-0.15, -0.1) is 0 Å². The fraction of sp³-hybridized carbons (Fsp3) is 0.286. The van der Waals surface area contributed by atoms with Crippen LogP contribution in [0.15, 0.2) is 44.2 Å². The van der Waals surface area contributed by atoms with Crippen molar-refractivity contribution >= 4 is 37.5 Å². The van der Waals surface area contributed by atoms with Crippen LogP contribution in [0.2, 0.25) is 0 Å². The predicted molar refractivity (Wildman–Crippen MR) is 88.0 cm³/mol. The normalized spacial score (nSPS) is 10.6. The number of hydrogen-bond acceptors (Lipinski definition) is 3. The highest BCUT2D eigenvalue weighted by Gasteiger charge is 2.08. The third kappa shape index (κ3) is 3.70. The summed E-state index contributed by atoms with van der Waals surface area (Å²) in [7, 11) is 0. The molecule has 0 amide bonds. The minimum absolute atomic E-state index is 0.105. The average Bonchev–Trinajstić information content (AvgIpc) is 2.43. The fourth-order valence-electron chi connectivity index (χ4n) is 1.80. The number of hydrogen-bond donors (Lipinski definition) is 1. The summed E-state index contributed by atoms with van der Waals surface area (Å²) in [5.74, 6) is 0. The van der Waals surface area contributed by atoms with E-state index < -0.39 is 0 Å². The number of benzene rings is 1. The first-order chi connectivity index (χ1) is 9.61. The highest BCUT2D eigenvalue weighted by Crippen LogP contribution is 2.18. The Morgan fingerprint density at radius 3 is 2.85 bits per heavy atom. The molecule has 20 heavy (non-hydrogen) atoms. The number of nitrogens with zero attached hydrogens (tertiary/aromatic N) is 2. The monoisotopic (exact) mass is 399 g/mol. The fourth-order valence-corrected chi connectivity index (χ4v) is 2.70. The van der Waals surface area contributed by atoms with Gasteiger partial charge in [-0.25, -0.2) is 4.68 Å². The molecular weight excluding hydrogens is 386 g/mol. The van der Waals surface area contributed by atoms with Crippen molar-refractivity contribution in [2.45, 2.75) is 26.4 Å². The lowest BCUT2D eigenvalue weighted by Crippen LogP contribution is -2.24. The Labute approximate surface area is 134 Å². The van der Waals surface area contributed by atoms with Gasteiger partial charge in [0, 0.05) is 17.6 Å². The lowest BCUT2D eigenvalue weighted by atomic mass is 10.2. The van der Waals surface area contributed by atoms with Crippen LogP contribution in [0, 0.1) is 0 Å². The van der Waals surface area contributed by atoms with Crippen molar-refractivity contribution in [1.29, 1.82) is 0 Å². The molecule has 0 fully saturated rings. The van der Waals surface area contributed by atoms with Crippen LogP contribution in [0.5, 0.6) is 0 Å². The van der Waals surface area contributed by atoms with Crippen LogP contribution in [0.25, 0.3) is 0 Å². The number of nitrogens with one attached hydrogen (secondary N) is 1. The standard InChI is InChI=1S/C14H15Br2N3O/c1-2-6-19-14(20)13(16)12(9-18-19)17-8-10-4-3-5-11(15)7-10/h3-5,7,9,17H,2,6,8H2,1H3. The number of aryl methyl sites for hydroxylation is 1. The van der Waals surface area contributed by atoms with Gasteiger partial charge >= 0.3 is 0 Å². The van der Waals surface area contributed by atoms with E-state index in [9.17, 15) is 4.79 Å². The molecule has 0 spiro atoms. The summed E-state index contributed by atoms with van der Waals surface area (Å²) in [6.45, 7) is 3.28. The maximum atomic E-state index is 12.1. The topological polar surface area (TPSA) is 46.9 Å². The second-order valence-corrected chi connectivity index (χ2v) is 6.09. The Bertz CT molecular complexity index is 655. The molecule has 2 aromatic rings. The van der Waals surface area contributed by atoms with Crippen molar-refractivity contribution in [2.24, 2.45) is 0 Å². The van der Waals surface area contributed by atoms with Gasteiger partial charge in [-0.05, 0) is 40.0 Å². The summed E-state index contributed by atoms with van der Waals surface area (Å²) >= 11 is 6.78. The van der Waals surface area contributed by atoms with E-state index in [0.717, 1.165) is 16.5 Å². The molecule has 1 aromatic heterocycles. The molecule has 0 atom stereocenters. The average molecular weight is 401 g/mol. The Morgan fingerprint density at radius 1 is 1.35 bits per heavy atom. The highest BCUT2D eigenvalue weighted by molar-refractivity contribution is 9.10. The van der Waals surface area contributed by atoms with Gasteiger partial charge in [0.1, 0.15) is 4.47 Å².